The van der Waals surface area contributed by atoms with Crippen LogP contribution in [-0.2, 0) is 4.74 Å². The van der Waals surface area contributed by atoms with Crippen molar-refractivity contribution in [1.29, 1.82) is 0 Å². The van der Waals surface area contributed by atoms with E-state index in [0.29, 0.717) is 11.6 Å². The van der Waals surface area contributed by atoms with E-state index in [2.05, 4.69) is 18.5 Å². The number of thiophene rings is 1. The molecule has 0 aliphatic rings. The molecule has 112 valence electrons. The first-order chi connectivity index (χ1) is 10.2. The van der Waals surface area contributed by atoms with Gasteiger partial charge in [0.25, 0.3) is 0 Å². The van der Waals surface area contributed by atoms with Gasteiger partial charge in [-0.25, -0.2) is 4.79 Å². The minimum absolute atomic E-state index is 0.297. The van der Waals surface area contributed by atoms with Crippen molar-refractivity contribution < 1.29 is 9.53 Å². The summed E-state index contributed by atoms with van der Waals surface area (Å²) in [6.45, 7) is 2.11. The lowest BCUT2D eigenvalue weighted by Gasteiger charge is -2.13. The lowest BCUT2D eigenvalue weighted by Crippen LogP contribution is -2.18. The second-order valence-electron chi connectivity index (χ2n) is 4.71. The Morgan fingerprint density at radius 3 is 2.71 bits per heavy atom. The SMILES string of the molecule is COC(=O)c1cc(-c2ccccc2)sc1NC(C)CSC. The van der Waals surface area contributed by atoms with Crippen molar-refractivity contribution in [2.45, 2.75) is 13.0 Å². The van der Waals surface area contributed by atoms with E-state index in [4.69, 9.17) is 4.74 Å². The van der Waals surface area contributed by atoms with E-state index in [9.17, 15) is 4.79 Å². The summed E-state index contributed by atoms with van der Waals surface area (Å²) in [6.07, 6.45) is 2.07. The number of esters is 1. The Hall–Kier alpha value is -1.46. The van der Waals surface area contributed by atoms with E-state index in [1.807, 2.05) is 36.4 Å². The Morgan fingerprint density at radius 2 is 2.10 bits per heavy atom. The zero-order valence-electron chi connectivity index (χ0n) is 12.4. The molecular weight excluding hydrogens is 302 g/mol. The second kappa shape index (κ2) is 7.52. The van der Waals surface area contributed by atoms with Crippen LogP contribution in [0.5, 0.6) is 0 Å². The third-order valence-corrected chi connectivity index (χ3v) is 4.94. The van der Waals surface area contributed by atoms with Crippen molar-refractivity contribution in [3.8, 4) is 10.4 Å². The summed E-state index contributed by atoms with van der Waals surface area (Å²) in [6, 6.07) is 12.3. The summed E-state index contributed by atoms with van der Waals surface area (Å²) in [5, 5.41) is 4.29. The van der Waals surface area contributed by atoms with Gasteiger partial charge < -0.3 is 10.1 Å². The molecule has 1 aromatic heterocycles. The lowest BCUT2D eigenvalue weighted by molar-refractivity contribution is 0.0602. The fourth-order valence-electron chi connectivity index (χ4n) is 2.02. The number of carbonyl (C=O) groups excluding carboxylic acids is 1. The highest BCUT2D eigenvalue weighted by Gasteiger charge is 2.18. The van der Waals surface area contributed by atoms with Gasteiger partial charge in [0.15, 0.2) is 0 Å². The Kier molecular flexibility index (Phi) is 5.70. The van der Waals surface area contributed by atoms with E-state index in [1.54, 1.807) is 23.1 Å². The topological polar surface area (TPSA) is 38.3 Å². The highest BCUT2D eigenvalue weighted by atomic mass is 32.2. The fraction of sp³-hybridized carbons (Fsp3) is 0.312. The molecule has 1 heterocycles. The average molecular weight is 321 g/mol. The van der Waals surface area contributed by atoms with Gasteiger partial charge in [-0.05, 0) is 24.8 Å². The summed E-state index contributed by atoms with van der Waals surface area (Å²) < 4.78 is 4.89. The molecule has 1 unspecified atom stereocenters. The summed E-state index contributed by atoms with van der Waals surface area (Å²) in [4.78, 5) is 13.0. The van der Waals surface area contributed by atoms with Gasteiger partial charge in [-0.1, -0.05) is 30.3 Å². The monoisotopic (exact) mass is 321 g/mol. The lowest BCUT2D eigenvalue weighted by atomic mass is 10.1. The number of nitrogens with one attached hydrogen (secondary N) is 1. The minimum Gasteiger partial charge on any atom is -0.465 e. The van der Waals surface area contributed by atoms with Crippen LogP contribution in [0.2, 0.25) is 0 Å². The third kappa shape index (κ3) is 4.02. The maximum absolute atomic E-state index is 12.0. The smallest absolute Gasteiger partial charge is 0.340 e. The number of rotatable bonds is 6. The fourth-order valence-corrected chi connectivity index (χ4v) is 3.77. The van der Waals surface area contributed by atoms with Gasteiger partial charge in [0.05, 0.1) is 12.7 Å². The van der Waals surface area contributed by atoms with E-state index >= 15 is 0 Å². The Bertz CT molecular complexity index is 596. The maximum atomic E-state index is 12.0. The van der Waals surface area contributed by atoms with Crippen LogP contribution in [-0.4, -0.2) is 31.1 Å². The molecule has 0 bridgehead atoms. The van der Waals surface area contributed by atoms with Crippen molar-refractivity contribution >= 4 is 34.1 Å². The predicted molar refractivity (Wildman–Crippen MR) is 92.6 cm³/mol. The molecule has 1 aromatic carbocycles. The maximum Gasteiger partial charge on any atom is 0.340 e. The van der Waals surface area contributed by atoms with Crippen LogP contribution in [0.3, 0.4) is 0 Å². The Morgan fingerprint density at radius 1 is 1.38 bits per heavy atom. The standard InChI is InChI=1S/C16H19NO2S2/c1-11(10-20-3)17-15-13(16(18)19-2)9-14(21-15)12-7-5-4-6-8-12/h4-9,11,17H,10H2,1-3H3. The van der Waals surface area contributed by atoms with Crippen molar-refractivity contribution in [3.05, 3.63) is 42.0 Å². The molecule has 0 amide bonds. The summed E-state index contributed by atoms with van der Waals surface area (Å²) >= 11 is 3.37. The van der Waals surface area contributed by atoms with Crippen molar-refractivity contribution in [3.63, 3.8) is 0 Å². The molecule has 0 spiro atoms. The molecule has 0 saturated heterocycles. The molecule has 1 N–H and O–H groups in total. The van der Waals surface area contributed by atoms with Crippen LogP contribution in [0.4, 0.5) is 5.00 Å². The van der Waals surface area contributed by atoms with E-state index in [-0.39, 0.29) is 5.97 Å². The van der Waals surface area contributed by atoms with Gasteiger partial charge in [0, 0.05) is 16.7 Å². The molecule has 2 aromatic rings. The number of benzene rings is 1. The highest BCUT2D eigenvalue weighted by Crippen LogP contribution is 2.36. The van der Waals surface area contributed by atoms with Crippen LogP contribution in [0.1, 0.15) is 17.3 Å². The zero-order chi connectivity index (χ0) is 15.2. The average Bonchev–Trinajstić information content (AvgIpc) is 2.91. The molecule has 0 fully saturated rings. The first kappa shape index (κ1) is 15.9. The normalized spacial score (nSPS) is 12.0. The van der Waals surface area contributed by atoms with Gasteiger partial charge in [-0.3, -0.25) is 0 Å². The number of thioether (sulfide) groups is 1. The molecule has 1 atom stereocenters. The van der Waals surface area contributed by atoms with Crippen LogP contribution < -0.4 is 5.32 Å². The minimum atomic E-state index is -0.299. The Balaban J connectivity index is 2.33. The molecule has 0 saturated carbocycles. The van der Waals surface area contributed by atoms with Gasteiger partial charge in [-0.15, -0.1) is 11.3 Å². The number of anilines is 1. The first-order valence-corrected chi connectivity index (χ1v) is 8.89. The van der Waals surface area contributed by atoms with Crippen molar-refractivity contribution in [1.82, 2.24) is 0 Å². The van der Waals surface area contributed by atoms with Crippen molar-refractivity contribution in [2.24, 2.45) is 0 Å². The van der Waals surface area contributed by atoms with Gasteiger partial charge in [-0.2, -0.15) is 11.8 Å². The molecule has 0 aliphatic heterocycles. The number of methoxy groups -OCH3 is 1. The summed E-state index contributed by atoms with van der Waals surface area (Å²) in [7, 11) is 1.41. The number of hydrogen-bond acceptors (Lipinski definition) is 5. The predicted octanol–water partition coefficient (Wildman–Crippen LogP) is 4.37. The molecule has 5 heteroatoms. The zero-order valence-corrected chi connectivity index (χ0v) is 14.0. The van der Waals surface area contributed by atoms with Gasteiger partial charge >= 0.3 is 5.97 Å². The van der Waals surface area contributed by atoms with Crippen LogP contribution >= 0.6 is 23.1 Å². The van der Waals surface area contributed by atoms with Crippen LogP contribution in [0, 0.1) is 0 Å². The van der Waals surface area contributed by atoms with E-state index in [0.717, 1.165) is 21.2 Å². The molecule has 0 radical (unpaired) electrons. The van der Waals surface area contributed by atoms with Crippen LogP contribution in [0.15, 0.2) is 36.4 Å². The number of carbonyl (C=O) groups is 1. The molecule has 0 aliphatic carbocycles. The van der Waals surface area contributed by atoms with Gasteiger partial charge in [0.1, 0.15) is 5.00 Å². The molecule has 3 nitrogen and oxygen atoms in total. The Labute approximate surface area is 133 Å². The highest BCUT2D eigenvalue weighted by molar-refractivity contribution is 7.98. The molecular formula is C16H19NO2S2. The van der Waals surface area contributed by atoms with E-state index in [1.165, 1.54) is 7.11 Å². The number of ether oxygens (including phenoxy) is 1. The quantitative estimate of drug-likeness (QED) is 0.802. The summed E-state index contributed by atoms with van der Waals surface area (Å²) in [5.41, 5.74) is 1.72. The largest absolute Gasteiger partial charge is 0.465 e. The van der Waals surface area contributed by atoms with Crippen LogP contribution in [0.25, 0.3) is 10.4 Å². The second-order valence-corrected chi connectivity index (χ2v) is 6.67. The first-order valence-electron chi connectivity index (χ1n) is 6.68. The number of hydrogen-bond donors (Lipinski definition) is 1. The van der Waals surface area contributed by atoms with Gasteiger partial charge in [0.2, 0.25) is 0 Å². The molecule has 21 heavy (non-hydrogen) atoms. The van der Waals surface area contributed by atoms with Crippen molar-refractivity contribution in [2.75, 3.05) is 24.4 Å². The van der Waals surface area contributed by atoms with E-state index < -0.39 is 0 Å². The molecule has 2 rings (SSSR count). The summed E-state index contributed by atoms with van der Waals surface area (Å²) in [5.74, 6) is 0.686. The third-order valence-electron chi connectivity index (χ3n) is 2.99.